The molecule has 212 valence electrons. The molecule has 0 saturated carbocycles. The summed E-state index contributed by atoms with van der Waals surface area (Å²) >= 11 is 2.96. The Morgan fingerprint density at radius 3 is 1.37 bits per heavy atom. The fourth-order valence-electron chi connectivity index (χ4n) is 5.63. The maximum Gasteiger partial charge on any atom is 0.258 e. The lowest BCUT2D eigenvalue weighted by Crippen LogP contribution is -2.16. The molecule has 0 unspecified atom stereocenters. The molecule has 41 heavy (non-hydrogen) atoms. The fraction of sp³-hybridized carbons (Fsp3) is 0.267. The normalized spacial score (nSPS) is 14.6. The van der Waals surface area contributed by atoms with Crippen LogP contribution >= 0.6 is 22.7 Å². The molecular formula is C30H30N4O4S3. The zero-order valence-corrected chi connectivity index (χ0v) is 24.7. The van der Waals surface area contributed by atoms with Crippen molar-refractivity contribution in [3.8, 4) is 0 Å². The number of carbonyl (C=O) groups excluding carboxylic acids is 2. The Kier molecular flexibility index (Phi) is 7.35. The van der Waals surface area contributed by atoms with Crippen LogP contribution in [-0.4, -0.2) is 20.2 Å². The minimum atomic E-state index is -3.82. The highest BCUT2D eigenvalue weighted by molar-refractivity contribution is 7.91. The van der Waals surface area contributed by atoms with Crippen molar-refractivity contribution in [1.82, 2.24) is 0 Å². The van der Waals surface area contributed by atoms with Crippen LogP contribution in [0.2, 0.25) is 0 Å². The molecule has 6 rings (SSSR count). The summed E-state index contributed by atoms with van der Waals surface area (Å²) in [6.07, 6.45) is 7.86. The second-order valence-corrected chi connectivity index (χ2v) is 14.6. The van der Waals surface area contributed by atoms with Crippen molar-refractivity contribution in [3.63, 3.8) is 0 Å². The average Bonchev–Trinajstić information content (AvgIpc) is 3.48. The van der Waals surface area contributed by atoms with Crippen LogP contribution in [0.15, 0.2) is 58.3 Å². The van der Waals surface area contributed by atoms with E-state index in [2.05, 4.69) is 10.6 Å². The Balaban J connectivity index is 1.14. The molecule has 0 aliphatic heterocycles. The standard InChI is InChI=1S/C30H30N4O4S3/c31-27-25(21-5-1-3-7-23(21)39-27)29(35)33-17-9-13-19(14-10-17)41(37,38)20-15-11-18(12-16-20)34-30(36)26-22-6-2-4-8-24(22)40-28(26)32/h9-16H,1-8,31-32H2,(H,33,35)(H,34,36). The average molecular weight is 607 g/mol. The Labute approximate surface area is 246 Å². The summed E-state index contributed by atoms with van der Waals surface area (Å²) in [6, 6.07) is 12.2. The molecule has 0 fully saturated rings. The quantitative estimate of drug-likeness (QED) is 0.210. The molecular weight excluding hydrogens is 577 g/mol. The summed E-state index contributed by atoms with van der Waals surface area (Å²) in [5.74, 6) is -0.556. The zero-order chi connectivity index (χ0) is 28.7. The predicted octanol–water partition coefficient (Wildman–Crippen LogP) is 6.07. The first-order valence-corrected chi connectivity index (χ1v) is 16.7. The molecule has 0 radical (unpaired) electrons. The highest BCUT2D eigenvalue weighted by Crippen LogP contribution is 2.38. The summed E-state index contributed by atoms with van der Waals surface area (Å²) in [5.41, 5.74) is 16.4. The van der Waals surface area contributed by atoms with E-state index in [4.69, 9.17) is 11.5 Å². The predicted molar refractivity (Wildman–Crippen MR) is 165 cm³/mol. The monoisotopic (exact) mass is 606 g/mol. The Bertz CT molecular complexity index is 1630. The van der Waals surface area contributed by atoms with Crippen molar-refractivity contribution in [2.45, 2.75) is 61.2 Å². The molecule has 0 bridgehead atoms. The van der Waals surface area contributed by atoms with Crippen molar-refractivity contribution in [3.05, 3.63) is 80.5 Å². The number of rotatable bonds is 6. The van der Waals surface area contributed by atoms with Gasteiger partial charge in [-0.1, -0.05) is 0 Å². The maximum absolute atomic E-state index is 13.3. The summed E-state index contributed by atoms with van der Waals surface area (Å²) in [5, 5.41) is 6.76. The van der Waals surface area contributed by atoms with Crippen molar-refractivity contribution >= 4 is 65.7 Å². The van der Waals surface area contributed by atoms with Gasteiger partial charge < -0.3 is 22.1 Å². The van der Waals surface area contributed by atoms with Crippen LogP contribution in [0.4, 0.5) is 21.4 Å². The van der Waals surface area contributed by atoms with E-state index < -0.39 is 9.84 Å². The number of amides is 2. The Morgan fingerprint density at radius 1 is 0.610 bits per heavy atom. The molecule has 8 nitrogen and oxygen atoms in total. The third-order valence-corrected chi connectivity index (χ3v) is 11.7. The van der Waals surface area contributed by atoms with Gasteiger partial charge in [0, 0.05) is 21.1 Å². The number of hydrogen-bond acceptors (Lipinski definition) is 8. The van der Waals surface area contributed by atoms with E-state index in [-0.39, 0.29) is 21.6 Å². The number of nitrogen functional groups attached to an aromatic ring is 2. The van der Waals surface area contributed by atoms with Crippen LogP contribution in [0.3, 0.4) is 0 Å². The number of fused-ring (bicyclic) bond motifs is 2. The Morgan fingerprint density at radius 2 is 0.976 bits per heavy atom. The number of carbonyl (C=O) groups is 2. The SMILES string of the molecule is Nc1sc2c(c1C(=O)Nc1ccc(S(=O)(=O)c3ccc(NC(=O)c4c(N)sc5c4CCCC5)cc3)cc1)CCCC2. The second kappa shape index (κ2) is 11.0. The van der Waals surface area contributed by atoms with Gasteiger partial charge in [-0.05, 0) is 111 Å². The van der Waals surface area contributed by atoms with Crippen LogP contribution in [-0.2, 0) is 35.5 Å². The van der Waals surface area contributed by atoms with Gasteiger partial charge in [0.15, 0.2) is 0 Å². The first-order chi connectivity index (χ1) is 19.7. The van der Waals surface area contributed by atoms with Gasteiger partial charge in [0.2, 0.25) is 9.84 Å². The number of nitrogens with one attached hydrogen (secondary N) is 2. The molecule has 4 aromatic rings. The molecule has 2 aromatic heterocycles. The lowest BCUT2D eigenvalue weighted by Gasteiger charge is -2.13. The lowest BCUT2D eigenvalue weighted by atomic mass is 9.95. The number of nitrogens with two attached hydrogens (primary N) is 2. The van der Waals surface area contributed by atoms with Gasteiger partial charge in [-0.2, -0.15) is 0 Å². The fourth-order valence-corrected chi connectivity index (χ4v) is 9.21. The minimum Gasteiger partial charge on any atom is -0.390 e. The number of aryl methyl sites for hydroxylation is 2. The number of anilines is 4. The van der Waals surface area contributed by atoms with Gasteiger partial charge in [-0.3, -0.25) is 9.59 Å². The molecule has 0 spiro atoms. The topological polar surface area (TPSA) is 144 Å². The van der Waals surface area contributed by atoms with E-state index in [0.29, 0.717) is 32.5 Å². The van der Waals surface area contributed by atoms with Crippen LogP contribution in [0.1, 0.15) is 67.3 Å². The minimum absolute atomic E-state index is 0.0948. The number of thiophene rings is 2. The number of hydrogen-bond donors (Lipinski definition) is 4. The third-order valence-electron chi connectivity index (χ3n) is 7.70. The van der Waals surface area contributed by atoms with Gasteiger partial charge in [0.05, 0.1) is 30.9 Å². The van der Waals surface area contributed by atoms with E-state index >= 15 is 0 Å². The first-order valence-electron chi connectivity index (χ1n) is 13.6. The molecule has 2 aromatic carbocycles. The summed E-state index contributed by atoms with van der Waals surface area (Å²) in [6.45, 7) is 0. The van der Waals surface area contributed by atoms with E-state index in [9.17, 15) is 18.0 Å². The van der Waals surface area contributed by atoms with Crippen molar-refractivity contribution in [1.29, 1.82) is 0 Å². The molecule has 2 aliphatic rings. The van der Waals surface area contributed by atoms with Crippen LogP contribution in [0, 0.1) is 0 Å². The molecule has 6 N–H and O–H groups in total. The van der Waals surface area contributed by atoms with Gasteiger partial charge in [-0.15, -0.1) is 22.7 Å². The summed E-state index contributed by atoms with van der Waals surface area (Å²) < 4.78 is 26.6. The van der Waals surface area contributed by atoms with E-state index in [0.717, 1.165) is 62.5 Å². The van der Waals surface area contributed by atoms with E-state index in [1.807, 2.05) is 0 Å². The van der Waals surface area contributed by atoms with Crippen molar-refractivity contribution < 1.29 is 18.0 Å². The summed E-state index contributed by atoms with van der Waals surface area (Å²) in [4.78, 5) is 28.6. The smallest absolute Gasteiger partial charge is 0.258 e. The molecule has 11 heteroatoms. The van der Waals surface area contributed by atoms with Crippen LogP contribution in [0.25, 0.3) is 0 Å². The first kappa shape index (κ1) is 27.5. The van der Waals surface area contributed by atoms with E-state index in [1.165, 1.54) is 56.7 Å². The zero-order valence-electron chi connectivity index (χ0n) is 22.3. The highest BCUT2D eigenvalue weighted by Gasteiger charge is 2.26. The third kappa shape index (κ3) is 5.25. The Hall–Kier alpha value is -3.67. The van der Waals surface area contributed by atoms with Crippen molar-refractivity contribution in [2.75, 3.05) is 22.1 Å². The molecule has 2 aliphatic carbocycles. The number of benzene rings is 2. The van der Waals surface area contributed by atoms with E-state index in [1.54, 1.807) is 24.3 Å². The summed E-state index contributed by atoms with van der Waals surface area (Å²) in [7, 11) is -3.82. The largest absolute Gasteiger partial charge is 0.390 e. The van der Waals surface area contributed by atoms with Crippen LogP contribution < -0.4 is 22.1 Å². The van der Waals surface area contributed by atoms with Gasteiger partial charge in [0.25, 0.3) is 11.8 Å². The molecule has 2 amide bonds. The van der Waals surface area contributed by atoms with Gasteiger partial charge >= 0.3 is 0 Å². The molecule has 0 saturated heterocycles. The highest BCUT2D eigenvalue weighted by atomic mass is 32.2. The van der Waals surface area contributed by atoms with Crippen molar-refractivity contribution in [2.24, 2.45) is 0 Å². The lowest BCUT2D eigenvalue weighted by molar-refractivity contribution is 0.101. The maximum atomic E-state index is 13.3. The van der Waals surface area contributed by atoms with Gasteiger partial charge in [0.1, 0.15) is 0 Å². The molecule has 2 heterocycles. The second-order valence-electron chi connectivity index (χ2n) is 10.4. The molecule has 0 atom stereocenters. The van der Waals surface area contributed by atoms with Gasteiger partial charge in [-0.25, -0.2) is 8.42 Å². The number of sulfone groups is 1. The van der Waals surface area contributed by atoms with Crippen LogP contribution in [0.5, 0.6) is 0 Å².